The Kier molecular flexibility index (Phi) is 17.9. The van der Waals surface area contributed by atoms with E-state index in [1.54, 1.807) is 74.8 Å². The monoisotopic (exact) mass is 1110 g/mol. The molecule has 0 saturated carbocycles. The minimum absolute atomic E-state index is 0. The number of azo groups is 3. The van der Waals surface area contributed by atoms with Crippen molar-refractivity contribution in [2.24, 2.45) is 30.7 Å². The van der Waals surface area contributed by atoms with Gasteiger partial charge in [0, 0.05) is 46.5 Å². The van der Waals surface area contributed by atoms with E-state index in [9.17, 15) is 34.7 Å². The molecule has 4 aromatic carbocycles. The maximum atomic E-state index is 12.0. The van der Waals surface area contributed by atoms with Crippen LogP contribution in [0.3, 0.4) is 0 Å². The SMILES string of the molecule is Cc1c(N=Nc2c(C#N)cnn2-c2ccc(C(=O)O)cc2)c2ccccc2n1CCC(=O)O.Cc1nc2c(N=Nc3ccccn3)ccc([O-])c2cc1C(=O)O.Cc1nc2c(N=Nc3ccccn3)ccc([O-])c2cc1C(=O)O.[Ni]. The van der Waals surface area contributed by atoms with Gasteiger partial charge in [-0.1, -0.05) is 54.0 Å². The Morgan fingerprint density at radius 3 is 1.61 bits per heavy atom. The van der Waals surface area contributed by atoms with Crippen LogP contribution in [0.5, 0.6) is 11.5 Å². The predicted octanol–water partition coefficient (Wildman–Crippen LogP) is 10.8. The number of nitriles is 1. The number of rotatable bonds is 13. The molecule has 0 aliphatic rings. The van der Waals surface area contributed by atoms with Crippen LogP contribution in [0.2, 0.25) is 0 Å². The molecule has 0 amide bonds. The molecule has 80 heavy (non-hydrogen) atoms. The molecule has 10 aromatic rings. The summed E-state index contributed by atoms with van der Waals surface area (Å²) in [4.78, 5) is 61.0. The van der Waals surface area contributed by atoms with Gasteiger partial charge >= 0.3 is 23.9 Å². The number of pyridine rings is 4. The van der Waals surface area contributed by atoms with Crippen LogP contribution in [0.25, 0.3) is 38.4 Å². The van der Waals surface area contributed by atoms with Crippen molar-refractivity contribution in [3.8, 4) is 23.3 Å². The average molecular weight is 1120 g/mol. The first-order valence-electron chi connectivity index (χ1n) is 23.4. The fraction of sp³-hybridized carbons (Fsp3) is 0.0909. The number of hydrogen-bond acceptors (Lipinski definition) is 18. The fourth-order valence-electron chi connectivity index (χ4n) is 7.84. The molecule has 25 heteroatoms. The van der Waals surface area contributed by atoms with E-state index in [0.717, 1.165) is 16.6 Å². The summed E-state index contributed by atoms with van der Waals surface area (Å²) in [6, 6.07) is 34.3. The molecule has 0 radical (unpaired) electrons. The second kappa shape index (κ2) is 25.2. The Morgan fingerprint density at radius 1 is 0.613 bits per heavy atom. The number of nitrogens with zero attached hydrogens (tertiary/aromatic N) is 14. The molecule has 4 N–H and O–H groups in total. The Balaban J connectivity index is 0.000000177. The number of aryl methyl sites for hydroxylation is 3. The molecular weight excluding hydrogens is 1080 g/mol. The first-order chi connectivity index (χ1) is 38.0. The minimum atomic E-state index is -1.13. The van der Waals surface area contributed by atoms with Crippen LogP contribution in [0.15, 0.2) is 171 Å². The number of aromatic nitrogens is 7. The molecule has 0 saturated heterocycles. The number of fused-ring (bicyclic) bond motifs is 3. The van der Waals surface area contributed by atoms with Crippen LogP contribution >= 0.6 is 0 Å². The van der Waals surface area contributed by atoms with E-state index in [2.05, 4.69) is 55.7 Å². The van der Waals surface area contributed by atoms with Gasteiger partial charge < -0.3 is 35.2 Å². The van der Waals surface area contributed by atoms with Gasteiger partial charge in [0.1, 0.15) is 28.7 Å². The van der Waals surface area contributed by atoms with Crippen molar-refractivity contribution in [2.45, 2.75) is 33.7 Å². The van der Waals surface area contributed by atoms with Gasteiger partial charge in [0.2, 0.25) is 0 Å². The van der Waals surface area contributed by atoms with Crippen LogP contribution in [0, 0.1) is 32.1 Å². The predicted molar refractivity (Wildman–Crippen MR) is 281 cm³/mol. The van der Waals surface area contributed by atoms with Gasteiger partial charge in [0.05, 0.1) is 62.9 Å². The number of hydrogen-bond donors (Lipinski definition) is 4. The minimum Gasteiger partial charge on any atom is -0.872 e. The molecule has 0 spiro atoms. The van der Waals surface area contributed by atoms with Crippen molar-refractivity contribution in [3.63, 3.8) is 0 Å². The molecule has 6 heterocycles. The number of carboxylic acids is 4. The fourth-order valence-corrected chi connectivity index (χ4v) is 7.84. The molecule has 0 aliphatic heterocycles. The molecular formula is C55H40N14NiO10-2. The molecule has 402 valence electrons. The number of carboxylic acid groups (broad SMARTS) is 4. The van der Waals surface area contributed by atoms with Gasteiger partial charge in [-0.05, 0) is 110 Å². The van der Waals surface area contributed by atoms with Gasteiger partial charge in [-0.2, -0.15) is 10.4 Å². The van der Waals surface area contributed by atoms with Crippen LogP contribution in [0.4, 0.5) is 34.5 Å². The van der Waals surface area contributed by atoms with Crippen LogP contribution in [0.1, 0.15) is 60.1 Å². The average Bonchev–Trinajstić information content (AvgIpc) is 4.11. The molecule has 0 atom stereocenters. The van der Waals surface area contributed by atoms with Gasteiger partial charge in [-0.25, -0.2) is 39.0 Å². The zero-order valence-corrected chi connectivity index (χ0v) is 43.0. The van der Waals surface area contributed by atoms with Crippen molar-refractivity contribution in [3.05, 3.63) is 179 Å². The van der Waals surface area contributed by atoms with Crippen molar-refractivity contribution in [1.29, 1.82) is 5.26 Å². The van der Waals surface area contributed by atoms with Crippen LogP contribution < -0.4 is 10.2 Å². The topological polar surface area (TPSA) is 368 Å². The van der Waals surface area contributed by atoms with Crippen molar-refractivity contribution in [1.82, 2.24) is 34.3 Å². The first-order valence-corrected chi connectivity index (χ1v) is 23.4. The standard InChI is InChI=1S/C23H18N6O4.2C16H12N4O3.Ni/c1-14-21(18-4-2-3-5-19(18)28(14)11-10-20(30)31)26-27-22-16(12-24)13-25-29(22)17-8-6-15(7-9-17)23(32)33;2*1-9-10(16(22)23)8-11-13(21)6-5-12(15(11)18-9)19-20-14-4-2-3-7-17-14;/h2-9,13H,10-11H2,1H3,(H,30,31)(H,32,33);2*2-8,21H,1H3,(H,22,23);/p-2. The third-order valence-electron chi connectivity index (χ3n) is 11.7. The smallest absolute Gasteiger partial charge is 0.337 e. The van der Waals surface area contributed by atoms with Crippen molar-refractivity contribution < 1.29 is 66.3 Å². The summed E-state index contributed by atoms with van der Waals surface area (Å²) in [5, 5.41) is 100. The number of aliphatic carboxylic acids is 1. The number of aromatic carboxylic acids is 3. The summed E-state index contributed by atoms with van der Waals surface area (Å²) < 4.78 is 3.29. The Bertz CT molecular complexity index is 3970. The largest absolute Gasteiger partial charge is 0.872 e. The number of carbonyl (C=O) groups is 4. The van der Waals surface area contributed by atoms with Gasteiger partial charge in [-0.15, -0.1) is 30.7 Å². The van der Waals surface area contributed by atoms with Crippen LogP contribution in [-0.4, -0.2) is 78.6 Å². The van der Waals surface area contributed by atoms with E-state index < -0.39 is 23.9 Å². The van der Waals surface area contributed by atoms with Crippen molar-refractivity contribution in [2.75, 3.05) is 0 Å². The summed E-state index contributed by atoms with van der Waals surface area (Å²) in [5.41, 5.74) is 5.00. The Morgan fingerprint density at radius 2 is 1.14 bits per heavy atom. The summed E-state index contributed by atoms with van der Waals surface area (Å²) in [6.07, 6.45) is 4.51. The molecule has 10 rings (SSSR count). The normalized spacial score (nSPS) is 11.0. The molecule has 0 bridgehead atoms. The van der Waals surface area contributed by atoms with Crippen LogP contribution in [-0.2, 0) is 27.8 Å². The van der Waals surface area contributed by atoms with E-state index >= 15 is 0 Å². The zero-order chi connectivity index (χ0) is 56.3. The molecule has 24 nitrogen and oxygen atoms in total. The van der Waals surface area contributed by atoms with E-state index in [1.807, 2.05) is 41.8 Å². The zero-order valence-electron chi connectivity index (χ0n) is 42.0. The third kappa shape index (κ3) is 12.8. The quantitative estimate of drug-likeness (QED) is 0.0615. The van der Waals surface area contributed by atoms with E-state index in [-0.39, 0.29) is 79.8 Å². The van der Waals surface area contributed by atoms with E-state index in [1.165, 1.54) is 59.4 Å². The molecule has 0 fully saturated rings. The third-order valence-corrected chi connectivity index (χ3v) is 11.7. The number of para-hydroxylation sites is 1. The van der Waals surface area contributed by atoms with Crippen molar-refractivity contribution >= 4 is 91.1 Å². The number of benzene rings is 4. The summed E-state index contributed by atoms with van der Waals surface area (Å²) in [5.74, 6) is -3.78. The first kappa shape index (κ1) is 56.7. The van der Waals surface area contributed by atoms with E-state index in [4.69, 9.17) is 20.4 Å². The maximum Gasteiger partial charge on any atom is 0.337 e. The Labute approximate surface area is 462 Å². The summed E-state index contributed by atoms with van der Waals surface area (Å²) >= 11 is 0. The molecule has 6 aromatic heterocycles. The van der Waals surface area contributed by atoms with Gasteiger partial charge in [0.15, 0.2) is 17.5 Å². The summed E-state index contributed by atoms with van der Waals surface area (Å²) in [6.45, 7) is 5.26. The molecule has 0 aliphatic carbocycles. The molecule has 0 unspecified atom stereocenters. The maximum absolute atomic E-state index is 12.0. The van der Waals surface area contributed by atoms with Gasteiger partial charge in [-0.3, -0.25) is 4.79 Å². The second-order valence-corrected chi connectivity index (χ2v) is 16.8. The van der Waals surface area contributed by atoms with E-state index in [0.29, 0.717) is 56.8 Å². The van der Waals surface area contributed by atoms with Gasteiger partial charge in [0.25, 0.3) is 0 Å². The Hall–Kier alpha value is -11.0. The summed E-state index contributed by atoms with van der Waals surface area (Å²) in [7, 11) is 0. The second-order valence-electron chi connectivity index (χ2n) is 16.8.